The first-order chi connectivity index (χ1) is 24.8. The summed E-state index contributed by atoms with van der Waals surface area (Å²) in [5, 5.41) is 26.7. The second kappa shape index (κ2) is 16.9. The molecule has 1 aromatic rings. The van der Waals surface area contributed by atoms with Crippen LogP contribution in [0.25, 0.3) is 0 Å². The summed E-state index contributed by atoms with van der Waals surface area (Å²) >= 11 is 0. The molecule has 4 N–H and O–H groups in total. The second-order valence-electron chi connectivity index (χ2n) is 16.1. The molecule has 0 aromatic heterocycles. The van der Waals surface area contributed by atoms with E-state index in [1.165, 1.54) is 5.57 Å². The van der Waals surface area contributed by atoms with Gasteiger partial charge in [0.25, 0.3) is 0 Å². The summed E-state index contributed by atoms with van der Waals surface area (Å²) in [6.07, 6.45) is 9.83. The van der Waals surface area contributed by atoms with Gasteiger partial charge in [-0.25, -0.2) is 0 Å². The Morgan fingerprint density at radius 2 is 1.60 bits per heavy atom. The number of carbonyl (C=O) groups is 6. The molecule has 7 atom stereocenters. The Morgan fingerprint density at radius 3 is 2.35 bits per heavy atom. The fraction of sp³-hybridized carbons (Fsp3) is 0.659. The number of Topliss-reactive ketones (excluding diaryl/α,β-unsaturated/α-hetero) is 1. The van der Waals surface area contributed by atoms with Gasteiger partial charge in [0.2, 0.25) is 17.6 Å². The SMILES string of the molecule is C[C@]12CCC(=O)C=C1CC[C@@H]1[C@H]2CC[C@@]2(C)[C@H]1CC[C@]2(O)C(=O)COC(=O)CCC(=O)NCCCCCC(=O)NC[C@H](CC(=O)O)c1ccccc1. The molecule has 4 aliphatic rings. The van der Waals surface area contributed by atoms with Crippen molar-refractivity contribution in [2.45, 2.75) is 122 Å². The Hall–Kier alpha value is -3.86. The first-order valence-corrected chi connectivity index (χ1v) is 19.2. The van der Waals surface area contributed by atoms with Crippen molar-refractivity contribution in [1.29, 1.82) is 0 Å². The van der Waals surface area contributed by atoms with Crippen molar-refractivity contribution in [3.63, 3.8) is 0 Å². The van der Waals surface area contributed by atoms with Crippen LogP contribution in [-0.2, 0) is 33.5 Å². The van der Waals surface area contributed by atoms with E-state index in [0.717, 1.165) is 37.7 Å². The number of hydrogen-bond acceptors (Lipinski definition) is 8. The zero-order valence-corrected chi connectivity index (χ0v) is 30.8. The minimum Gasteiger partial charge on any atom is -0.481 e. The maximum atomic E-state index is 13.5. The molecule has 0 saturated heterocycles. The fourth-order valence-corrected chi connectivity index (χ4v) is 10.1. The van der Waals surface area contributed by atoms with Crippen LogP contribution in [0, 0.1) is 28.6 Å². The van der Waals surface area contributed by atoms with Crippen LogP contribution >= 0.6 is 0 Å². The van der Waals surface area contributed by atoms with Crippen molar-refractivity contribution in [2.24, 2.45) is 28.6 Å². The van der Waals surface area contributed by atoms with E-state index in [2.05, 4.69) is 17.6 Å². The van der Waals surface area contributed by atoms with Crippen LogP contribution in [0.3, 0.4) is 0 Å². The monoisotopic (exact) mass is 720 g/mol. The third-order valence-corrected chi connectivity index (χ3v) is 13.1. The number of amides is 2. The van der Waals surface area contributed by atoms with Crippen LogP contribution in [0.4, 0.5) is 0 Å². The summed E-state index contributed by atoms with van der Waals surface area (Å²) < 4.78 is 5.28. The van der Waals surface area contributed by atoms with Crippen LogP contribution in [-0.4, -0.2) is 70.8 Å². The summed E-state index contributed by atoms with van der Waals surface area (Å²) in [7, 11) is 0. The Balaban J connectivity index is 0.959. The van der Waals surface area contributed by atoms with Crippen LogP contribution in [0.1, 0.15) is 122 Å². The number of allylic oxidation sites excluding steroid dienone is 1. The number of ketones is 2. The number of benzene rings is 1. The molecule has 52 heavy (non-hydrogen) atoms. The summed E-state index contributed by atoms with van der Waals surface area (Å²) in [4.78, 5) is 74.0. The molecule has 284 valence electrons. The number of hydrogen-bond donors (Lipinski definition) is 4. The van der Waals surface area contributed by atoms with E-state index in [-0.39, 0.29) is 60.7 Å². The van der Waals surface area contributed by atoms with Crippen LogP contribution in [0.15, 0.2) is 42.0 Å². The Bertz CT molecular complexity index is 1540. The molecule has 4 aliphatic carbocycles. The van der Waals surface area contributed by atoms with E-state index >= 15 is 0 Å². The van der Waals surface area contributed by atoms with Gasteiger partial charge >= 0.3 is 11.9 Å². The van der Waals surface area contributed by atoms with Gasteiger partial charge in [0.15, 0.2) is 12.4 Å². The number of fused-ring (bicyclic) bond motifs is 5. The van der Waals surface area contributed by atoms with E-state index in [1.807, 2.05) is 43.3 Å². The lowest BCUT2D eigenvalue weighted by molar-refractivity contribution is -0.170. The molecule has 3 saturated carbocycles. The van der Waals surface area contributed by atoms with E-state index in [4.69, 9.17) is 4.74 Å². The van der Waals surface area contributed by atoms with E-state index < -0.39 is 35.3 Å². The third kappa shape index (κ3) is 8.67. The van der Waals surface area contributed by atoms with E-state index in [0.29, 0.717) is 63.3 Å². The minimum absolute atomic E-state index is 0.00315. The summed E-state index contributed by atoms with van der Waals surface area (Å²) in [6, 6.07) is 9.24. The average Bonchev–Trinajstić information content (AvgIpc) is 3.41. The van der Waals surface area contributed by atoms with E-state index in [1.54, 1.807) is 0 Å². The predicted molar refractivity (Wildman–Crippen MR) is 193 cm³/mol. The highest BCUT2D eigenvalue weighted by Crippen LogP contribution is 2.67. The van der Waals surface area contributed by atoms with Gasteiger partial charge in [-0.15, -0.1) is 0 Å². The molecule has 0 unspecified atom stereocenters. The number of esters is 1. The largest absolute Gasteiger partial charge is 0.481 e. The lowest BCUT2D eigenvalue weighted by Gasteiger charge is -2.58. The first-order valence-electron chi connectivity index (χ1n) is 19.2. The van der Waals surface area contributed by atoms with Gasteiger partial charge in [0.1, 0.15) is 5.60 Å². The van der Waals surface area contributed by atoms with Crippen molar-refractivity contribution in [3.8, 4) is 0 Å². The van der Waals surface area contributed by atoms with Gasteiger partial charge in [-0.3, -0.25) is 28.8 Å². The zero-order chi connectivity index (χ0) is 37.5. The zero-order valence-electron chi connectivity index (χ0n) is 30.8. The van der Waals surface area contributed by atoms with Gasteiger partial charge in [-0.05, 0) is 92.6 Å². The molecule has 0 heterocycles. The molecule has 2 amide bonds. The summed E-state index contributed by atoms with van der Waals surface area (Å²) in [6.45, 7) is 4.46. The average molecular weight is 721 g/mol. The Morgan fingerprint density at radius 1 is 0.865 bits per heavy atom. The molecule has 0 aliphatic heterocycles. The normalized spacial score (nSPS) is 29.8. The van der Waals surface area contributed by atoms with Gasteiger partial charge in [-0.2, -0.15) is 0 Å². The molecule has 1 aromatic carbocycles. The Kier molecular flexibility index (Phi) is 12.8. The lowest BCUT2D eigenvalue weighted by Crippen LogP contribution is -2.58. The highest BCUT2D eigenvalue weighted by molar-refractivity contribution is 5.92. The molecular weight excluding hydrogens is 664 g/mol. The predicted octanol–water partition coefficient (Wildman–Crippen LogP) is 5.19. The smallest absolute Gasteiger partial charge is 0.306 e. The summed E-state index contributed by atoms with van der Waals surface area (Å²) in [5.41, 5.74) is -0.0198. The molecule has 11 heteroatoms. The number of aliphatic carboxylic acids is 1. The number of carboxylic acids is 1. The van der Waals surface area contributed by atoms with Gasteiger partial charge < -0.3 is 25.6 Å². The summed E-state index contributed by atoms with van der Waals surface area (Å²) in [5.74, 6) is -1.60. The highest BCUT2D eigenvalue weighted by atomic mass is 16.5. The van der Waals surface area contributed by atoms with Crippen LogP contribution in [0.2, 0.25) is 0 Å². The van der Waals surface area contributed by atoms with Crippen molar-refractivity contribution in [3.05, 3.63) is 47.5 Å². The number of carbonyl (C=O) groups excluding carboxylic acids is 5. The molecule has 0 spiro atoms. The van der Waals surface area contributed by atoms with Gasteiger partial charge in [0, 0.05) is 43.7 Å². The van der Waals surface area contributed by atoms with E-state index in [9.17, 15) is 39.0 Å². The molecular formula is C41H56N2O9. The molecule has 0 bridgehead atoms. The first kappa shape index (κ1) is 39.3. The Labute approximate surface area is 306 Å². The van der Waals surface area contributed by atoms with Crippen LogP contribution < -0.4 is 10.6 Å². The molecule has 11 nitrogen and oxygen atoms in total. The number of ether oxygens (including phenoxy) is 1. The minimum atomic E-state index is -1.56. The third-order valence-electron chi connectivity index (χ3n) is 13.1. The second-order valence-corrected chi connectivity index (χ2v) is 16.1. The van der Waals surface area contributed by atoms with Crippen LogP contribution in [0.5, 0.6) is 0 Å². The topological polar surface area (TPSA) is 176 Å². The number of unbranched alkanes of at least 4 members (excludes halogenated alkanes) is 2. The number of rotatable bonds is 17. The highest BCUT2D eigenvalue weighted by Gasteiger charge is 2.66. The fourth-order valence-electron chi connectivity index (χ4n) is 10.1. The van der Waals surface area contributed by atoms with Gasteiger partial charge in [-0.1, -0.05) is 56.2 Å². The lowest BCUT2D eigenvalue weighted by atomic mass is 9.46. The molecule has 3 fully saturated rings. The van der Waals surface area contributed by atoms with Crippen molar-refractivity contribution < 1.29 is 43.7 Å². The van der Waals surface area contributed by atoms with Crippen molar-refractivity contribution in [1.82, 2.24) is 10.6 Å². The number of carboxylic acid groups (broad SMARTS) is 1. The quantitative estimate of drug-likeness (QED) is 0.125. The van der Waals surface area contributed by atoms with Crippen molar-refractivity contribution >= 4 is 35.3 Å². The molecule has 5 rings (SSSR count). The number of nitrogens with one attached hydrogen (secondary N) is 2. The van der Waals surface area contributed by atoms with Gasteiger partial charge in [0.05, 0.1) is 12.8 Å². The molecule has 0 radical (unpaired) electrons. The maximum absolute atomic E-state index is 13.5. The number of aliphatic hydroxyl groups is 1. The maximum Gasteiger partial charge on any atom is 0.306 e. The van der Waals surface area contributed by atoms with Crippen molar-refractivity contribution in [2.75, 3.05) is 19.7 Å². The standard InChI is InChI=1S/C41H56N2O9/c1-39-19-16-30(44)24-29(39)12-13-31-32(39)17-20-40(2)33(31)18-21-41(40,51)34(45)26-52-38(50)15-14-36(47)42-22-8-4-7-11-35(46)43-25-28(23-37(48)49)27-9-5-3-6-10-27/h3,5-6,9-10,24,28,31-33,51H,4,7-8,11-23,25-26H2,1-2H3,(H,42,47)(H,43,46)(H,48,49)/t28-,31+,32+,33-,39-,40-,41-/m0/s1.